The van der Waals surface area contributed by atoms with Crippen LogP contribution in [0.3, 0.4) is 0 Å². The fourth-order valence-electron chi connectivity index (χ4n) is 2.78. The number of aryl methyl sites for hydroxylation is 1. The Labute approximate surface area is 165 Å². The highest BCUT2D eigenvalue weighted by Crippen LogP contribution is 2.36. The minimum Gasteiger partial charge on any atom is -0.481 e. The van der Waals surface area contributed by atoms with E-state index in [1.807, 2.05) is 25.1 Å². The standard InChI is InChI=1S/C21H17N3O3S/c1-13-10-22-7-5-17(13)24-20(25)19-4-3-18(28-19)16-9-15(11-23-21(16)26-2)14-6-8-27-12-14/h3-12H,1-2H3,(H,22,24,25). The van der Waals surface area contributed by atoms with Crippen LogP contribution in [0.25, 0.3) is 21.6 Å². The van der Waals surface area contributed by atoms with Crippen molar-refractivity contribution in [3.63, 3.8) is 0 Å². The number of hydrogen-bond donors (Lipinski definition) is 1. The third-order valence-electron chi connectivity index (χ3n) is 4.26. The average molecular weight is 391 g/mol. The number of hydrogen-bond acceptors (Lipinski definition) is 6. The average Bonchev–Trinajstić information content (AvgIpc) is 3.41. The van der Waals surface area contributed by atoms with Crippen molar-refractivity contribution in [1.29, 1.82) is 0 Å². The second kappa shape index (κ2) is 7.66. The van der Waals surface area contributed by atoms with Gasteiger partial charge in [-0.05, 0) is 42.8 Å². The first kappa shape index (κ1) is 17.9. The van der Waals surface area contributed by atoms with Gasteiger partial charge >= 0.3 is 0 Å². The van der Waals surface area contributed by atoms with Crippen LogP contribution < -0.4 is 10.1 Å². The lowest BCUT2D eigenvalue weighted by Gasteiger charge is -2.08. The second-order valence-corrected chi connectivity index (χ2v) is 7.19. The van der Waals surface area contributed by atoms with E-state index in [0.717, 1.165) is 32.8 Å². The van der Waals surface area contributed by atoms with Crippen LogP contribution in [0.2, 0.25) is 0 Å². The molecule has 28 heavy (non-hydrogen) atoms. The van der Waals surface area contributed by atoms with Crippen LogP contribution in [0.15, 0.2) is 65.9 Å². The number of pyridine rings is 2. The summed E-state index contributed by atoms with van der Waals surface area (Å²) in [4.78, 5) is 22.6. The van der Waals surface area contributed by atoms with E-state index in [4.69, 9.17) is 9.15 Å². The van der Waals surface area contributed by atoms with Gasteiger partial charge in [0, 0.05) is 40.3 Å². The lowest BCUT2D eigenvalue weighted by Crippen LogP contribution is -2.11. The molecule has 4 aromatic heterocycles. The van der Waals surface area contributed by atoms with Gasteiger partial charge in [-0.2, -0.15) is 0 Å². The monoisotopic (exact) mass is 391 g/mol. The van der Waals surface area contributed by atoms with Crippen molar-refractivity contribution in [2.45, 2.75) is 6.92 Å². The first-order valence-corrected chi connectivity index (χ1v) is 9.36. The topological polar surface area (TPSA) is 77.2 Å². The summed E-state index contributed by atoms with van der Waals surface area (Å²) in [6, 6.07) is 9.34. The summed E-state index contributed by atoms with van der Waals surface area (Å²) in [6.07, 6.45) is 8.39. The Bertz CT molecular complexity index is 1120. The van der Waals surface area contributed by atoms with Crippen molar-refractivity contribution < 1.29 is 13.9 Å². The zero-order valence-electron chi connectivity index (χ0n) is 15.3. The summed E-state index contributed by atoms with van der Waals surface area (Å²) in [5.74, 6) is 0.342. The first-order valence-electron chi connectivity index (χ1n) is 8.54. The Hall–Kier alpha value is -3.45. The molecule has 0 unspecified atom stereocenters. The number of thiophene rings is 1. The molecule has 0 aliphatic heterocycles. The Kier molecular flexibility index (Phi) is 4.90. The largest absolute Gasteiger partial charge is 0.481 e. The van der Waals surface area contributed by atoms with E-state index in [1.54, 1.807) is 50.4 Å². The van der Waals surface area contributed by atoms with Gasteiger partial charge in [-0.15, -0.1) is 11.3 Å². The summed E-state index contributed by atoms with van der Waals surface area (Å²) < 4.78 is 10.6. The Morgan fingerprint density at radius 2 is 2.07 bits per heavy atom. The summed E-state index contributed by atoms with van der Waals surface area (Å²) in [6.45, 7) is 1.90. The number of nitrogens with zero attached hydrogens (tertiary/aromatic N) is 2. The van der Waals surface area contributed by atoms with Crippen LogP contribution in [0.4, 0.5) is 5.69 Å². The van der Waals surface area contributed by atoms with E-state index in [0.29, 0.717) is 10.8 Å². The molecule has 0 aliphatic rings. The highest BCUT2D eigenvalue weighted by Gasteiger charge is 2.16. The van der Waals surface area contributed by atoms with Crippen molar-refractivity contribution >= 4 is 22.9 Å². The third-order valence-corrected chi connectivity index (χ3v) is 5.38. The zero-order chi connectivity index (χ0) is 19.5. The fraction of sp³-hybridized carbons (Fsp3) is 0.0952. The van der Waals surface area contributed by atoms with Gasteiger partial charge in [0.25, 0.3) is 5.91 Å². The van der Waals surface area contributed by atoms with E-state index in [-0.39, 0.29) is 5.91 Å². The maximum Gasteiger partial charge on any atom is 0.265 e. The van der Waals surface area contributed by atoms with Crippen LogP contribution in [-0.4, -0.2) is 23.0 Å². The number of anilines is 1. The van der Waals surface area contributed by atoms with Gasteiger partial charge in [-0.3, -0.25) is 9.78 Å². The van der Waals surface area contributed by atoms with Gasteiger partial charge in [0.1, 0.15) is 0 Å². The van der Waals surface area contributed by atoms with Crippen molar-refractivity contribution in [2.24, 2.45) is 0 Å². The van der Waals surface area contributed by atoms with Gasteiger partial charge < -0.3 is 14.5 Å². The number of carbonyl (C=O) groups excluding carboxylic acids is 1. The third kappa shape index (κ3) is 3.52. The molecule has 0 fully saturated rings. The molecular formula is C21H17N3O3S. The molecule has 0 aromatic carbocycles. The van der Waals surface area contributed by atoms with Gasteiger partial charge in [0.2, 0.25) is 5.88 Å². The molecular weight excluding hydrogens is 374 g/mol. The molecule has 0 saturated carbocycles. The molecule has 7 heteroatoms. The second-order valence-electron chi connectivity index (χ2n) is 6.10. The molecule has 0 aliphatic carbocycles. The summed E-state index contributed by atoms with van der Waals surface area (Å²) in [5.41, 5.74) is 4.32. The molecule has 0 spiro atoms. The molecule has 0 saturated heterocycles. The molecule has 4 heterocycles. The van der Waals surface area contributed by atoms with Crippen LogP contribution >= 0.6 is 11.3 Å². The Balaban J connectivity index is 1.64. The molecule has 6 nitrogen and oxygen atoms in total. The number of aromatic nitrogens is 2. The molecule has 140 valence electrons. The number of rotatable bonds is 5. The van der Waals surface area contributed by atoms with Crippen LogP contribution in [0.5, 0.6) is 5.88 Å². The normalized spacial score (nSPS) is 10.6. The number of amides is 1. The van der Waals surface area contributed by atoms with E-state index in [1.165, 1.54) is 11.3 Å². The van der Waals surface area contributed by atoms with Gasteiger partial charge in [0.15, 0.2) is 0 Å². The Morgan fingerprint density at radius 1 is 1.18 bits per heavy atom. The molecule has 0 atom stereocenters. The molecule has 0 radical (unpaired) electrons. The number of carbonyl (C=O) groups is 1. The summed E-state index contributed by atoms with van der Waals surface area (Å²) in [5, 5.41) is 2.93. The number of ether oxygens (including phenoxy) is 1. The first-order chi connectivity index (χ1) is 13.7. The minimum absolute atomic E-state index is 0.163. The molecule has 1 amide bonds. The zero-order valence-corrected chi connectivity index (χ0v) is 16.1. The lowest BCUT2D eigenvalue weighted by atomic mass is 10.1. The van der Waals surface area contributed by atoms with Crippen molar-refractivity contribution in [1.82, 2.24) is 9.97 Å². The van der Waals surface area contributed by atoms with Crippen LogP contribution in [-0.2, 0) is 0 Å². The Morgan fingerprint density at radius 3 is 2.82 bits per heavy atom. The highest BCUT2D eigenvalue weighted by atomic mass is 32.1. The maximum atomic E-state index is 12.6. The summed E-state index contributed by atoms with van der Waals surface area (Å²) >= 11 is 1.38. The molecule has 0 bridgehead atoms. The van der Waals surface area contributed by atoms with E-state index in [2.05, 4.69) is 15.3 Å². The van der Waals surface area contributed by atoms with Crippen LogP contribution in [0.1, 0.15) is 15.2 Å². The lowest BCUT2D eigenvalue weighted by molar-refractivity contribution is 0.103. The van der Waals surface area contributed by atoms with Crippen molar-refractivity contribution in [3.05, 3.63) is 71.9 Å². The number of furan rings is 1. The number of nitrogens with one attached hydrogen (secondary N) is 1. The maximum absolute atomic E-state index is 12.6. The van der Waals surface area contributed by atoms with Crippen molar-refractivity contribution in [3.8, 4) is 27.4 Å². The smallest absolute Gasteiger partial charge is 0.265 e. The van der Waals surface area contributed by atoms with E-state index < -0.39 is 0 Å². The molecule has 4 rings (SSSR count). The minimum atomic E-state index is -0.163. The quantitative estimate of drug-likeness (QED) is 0.516. The van der Waals surface area contributed by atoms with E-state index >= 15 is 0 Å². The molecule has 4 aromatic rings. The van der Waals surface area contributed by atoms with Crippen LogP contribution in [0, 0.1) is 6.92 Å². The van der Waals surface area contributed by atoms with Crippen molar-refractivity contribution in [2.75, 3.05) is 12.4 Å². The molecule has 1 N–H and O–H groups in total. The summed E-state index contributed by atoms with van der Waals surface area (Å²) in [7, 11) is 1.58. The predicted octanol–water partition coefficient (Wildman–Crippen LogP) is 5.03. The predicted molar refractivity (Wildman–Crippen MR) is 109 cm³/mol. The van der Waals surface area contributed by atoms with Gasteiger partial charge in [-0.1, -0.05) is 0 Å². The number of methoxy groups -OCH3 is 1. The highest BCUT2D eigenvalue weighted by molar-refractivity contribution is 7.17. The SMILES string of the molecule is COc1ncc(-c2ccoc2)cc1-c1ccc(C(=O)Nc2ccncc2C)s1. The van der Waals surface area contributed by atoms with E-state index in [9.17, 15) is 4.79 Å². The van der Waals surface area contributed by atoms with Gasteiger partial charge in [0.05, 0.1) is 30.1 Å². The van der Waals surface area contributed by atoms with Gasteiger partial charge in [-0.25, -0.2) is 4.98 Å². The fourth-order valence-corrected chi connectivity index (χ4v) is 3.69.